The minimum Gasteiger partial charge on any atom is -0.381 e. The number of ether oxygens (including phenoxy) is 1. The molecule has 0 aliphatic carbocycles. The Balaban J connectivity index is 1.88. The predicted molar refractivity (Wildman–Crippen MR) is 69.1 cm³/mol. The number of hydrogen-bond donors (Lipinski definition) is 0. The van der Waals surface area contributed by atoms with Crippen molar-refractivity contribution >= 4 is 0 Å². The van der Waals surface area contributed by atoms with E-state index in [1.54, 1.807) is 5.56 Å². The molecule has 2 aliphatic heterocycles. The van der Waals surface area contributed by atoms with Gasteiger partial charge in [-0.05, 0) is 42.9 Å². The first-order valence-corrected chi connectivity index (χ1v) is 6.68. The minimum atomic E-state index is 0.717. The van der Waals surface area contributed by atoms with Crippen LogP contribution in [0.15, 0.2) is 24.3 Å². The van der Waals surface area contributed by atoms with Crippen LogP contribution in [-0.2, 0) is 11.3 Å². The highest BCUT2D eigenvalue weighted by molar-refractivity contribution is 5.33. The van der Waals surface area contributed by atoms with Crippen LogP contribution in [0.2, 0.25) is 0 Å². The Bertz CT molecular complexity index is 384. The molecular weight excluding hydrogens is 210 g/mol. The third kappa shape index (κ3) is 2.24. The Morgan fingerprint density at radius 2 is 1.94 bits per heavy atom. The van der Waals surface area contributed by atoms with E-state index in [2.05, 4.69) is 36.2 Å². The zero-order chi connectivity index (χ0) is 11.7. The molecule has 0 aromatic heterocycles. The van der Waals surface area contributed by atoms with E-state index in [9.17, 15) is 0 Å². The Morgan fingerprint density at radius 3 is 2.76 bits per heavy atom. The fourth-order valence-corrected chi connectivity index (χ4v) is 3.35. The van der Waals surface area contributed by atoms with Crippen LogP contribution in [0.1, 0.15) is 29.9 Å². The van der Waals surface area contributed by atoms with Crippen LogP contribution >= 0.6 is 0 Å². The van der Waals surface area contributed by atoms with Crippen molar-refractivity contribution in [2.45, 2.75) is 25.3 Å². The molecule has 0 spiro atoms. The van der Waals surface area contributed by atoms with Crippen LogP contribution in [0.4, 0.5) is 0 Å². The van der Waals surface area contributed by atoms with Gasteiger partial charge in [-0.15, -0.1) is 0 Å². The topological polar surface area (TPSA) is 12.5 Å². The van der Waals surface area contributed by atoms with Crippen LogP contribution in [0.5, 0.6) is 0 Å². The smallest absolute Gasteiger partial charge is 0.0468 e. The maximum Gasteiger partial charge on any atom is 0.0468 e. The number of nitrogens with zero attached hydrogens (tertiary/aromatic N) is 1. The summed E-state index contributed by atoms with van der Waals surface area (Å²) in [6.45, 7) is 4.22. The molecule has 1 atom stereocenters. The Hall–Kier alpha value is -0.860. The van der Waals surface area contributed by atoms with Crippen molar-refractivity contribution in [2.24, 2.45) is 5.92 Å². The fourth-order valence-electron chi connectivity index (χ4n) is 3.35. The molecular formula is C15H21NO. The normalized spacial score (nSPS) is 26.8. The number of fused-ring (bicyclic) bond motifs is 1. The molecule has 3 rings (SSSR count). The standard InChI is InChI=1S/C15H21NO/c1-16-10-13-4-2-3-5-14(13)15(11-16)12-6-8-17-9-7-12/h2-5,12,15H,6-11H2,1H3. The fraction of sp³-hybridized carbons (Fsp3) is 0.600. The summed E-state index contributed by atoms with van der Waals surface area (Å²) < 4.78 is 5.49. The van der Waals surface area contributed by atoms with E-state index in [0.29, 0.717) is 5.92 Å². The lowest BCUT2D eigenvalue weighted by Crippen LogP contribution is -2.35. The Labute approximate surface area is 104 Å². The lowest BCUT2D eigenvalue weighted by atomic mass is 9.77. The molecule has 1 saturated heterocycles. The molecule has 92 valence electrons. The third-order valence-corrected chi connectivity index (χ3v) is 4.24. The van der Waals surface area contributed by atoms with E-state index in [4.69, 9.17) is 4.74 Å². The summed E-state index contributed by atoms with van der Waals surface area (Å²) in [7, 11) is 2.24. The maximum atomic E-state index is 5.49. The molecule has 17 heavy (non-hydrogen) atoms. The Morgan fingerprint density at radius 1 is 1.18 bits per heavy atom. The summed E-state index contributed by atoms with van der Waals surface area (Å²) >= 11 is 0. The second-order valence-corrected chi connectivity index (χ2v) is 5.45. The Kier molecular flexibility index (Phi) is 3.17. The average Bonchev–Trinajstić information content (AvgIpc) is 2.39. The van der Waals surface area contributed by atoms with Gasteiger partial charge in [0, 0.05) is 26.3 Å². The van der Waals surface area contributed by atoms with Gasteiger partial charge < -0.3 is 9.64 Å². The second-order valence-electron chi connectivity index (χ2n) is 5.45. The van der Waals surface area contributed by atoms with E-state index in [1.807, 2.05) is 0 Å². The molecule has 2 nitrogen and oxygen atoms in total. The quantitative estimate of drug-likeness (QED) is 0.736. The highest BCUT2D eigenvalue weighted by Crippen LogP contribution is 2.37. The summed E-state index contributed by atoms with van der Waals surface area (Å²) in [4.78, 5) is 2.46. The van der Waals surface area contributed by atoms with E-state index >= 15 is 0 Å². The van der Waals surface area contributed by atoms with Crippen molar-refractivity contribution < 1.29 is 4.74 Å². The number of hydrogen-bond acceptors (Lipinski definition) is 2. The van der Waals surface area contributed by atoms with Crippen LogP contribution in [-0.4, -0.2) is 31.7 Å². The third-order valence-electron chi connectivity index (χ3n) is 4.24. The minimum absolute atomic E-state index is 0.717. The van der Waals surface area contributed by atoms with Crippen molar-refractivity contribution in [2.75, 3.05) is 26.8 Å². The first-order valence-electron chi connectivity index (χ1n) is 6.68. The molecule has 1 aromatic rings. The molecule has 1 aromatic carbocycles. The first-order chi connectivity index (χ1) is 8.34. The van der Waals surface area contributed by atoms with Crippen molar-refractivity contribution in [3.63, 3.8) is 0 Å². The van der Waals surface area contributed by atoms with E-state index in [1.165, 1.54) is 24.9 Å². The molecule has 2 heteroatoms. The molecule has 0 radical (unpaired) electrons. The summed E-state index contributed by atoms with van der Waals surface area (Å²) in [5, 5.41) is 0. The number of likely N-dealkylation sites (N-methyl/N-ethyl adjacent to an activating group) is 1. The van der Waals surface area contributed by atoms with Crippen molar-refractivity contribution in [3.05, 3.63) is 35.4 Å². The van der Waals surface area contributed by atoms with Crippen molar-refractivity contribution in [3.8, 4) is 0 Å². The van der Waals surface area contributed by atoms with E-state index < -0.39 is 0 Å². The molecule has 2 heterocycles. The molecule has 0 amide bonds. The molecule has 1 unspecified atom stereocenters. The highest BCUT2D eigenvalue weighted by atomic mass is 16.5. The van der Waals surface area contributed by atoms with Gasteiger partial charge in [0.2, 0.25) is 0 Å². The molecule has 0 saturated carbocycles. The summed E-state index contributed by atoms with van der Waals surface area (Å²) in [5.74, 6) is 1.53. The lowest BCUT2D eigenvalue weighted by Gasteiger charge is -2.38. The molecule has 2 aliphatic rings. The van der Waals surface area contributed by atoms with E-state index in [0.717, 1.165) is 25.7 Å². The summed E-state index contributed by atoms with van der Waals surface area (Å²) in [6.07, 6.45) is 2.46. The zero-order valence-corrected chi connectivity index (χ0v) is 10.6. The number of rotatable bonds is 1. The SMILES string of the molecule is CN1Cc2ccccc2C(C2CCOCC2)C1. The summed E-state index contributed by atoms with van der Waals surface area (Å²) in [5.41, 5.74) is 3.12. The van der Waals surface area contributed by atoms with Crippen LogP contribution in [0.25, 0.3) is 0 Å². The van der Waals surface area contributed by atoms with Crippen LogP contribution in [0.3, 0.4) is 0 Å². The van der Waals surface area contributed by atoms with Gasteiger partial charge in [-0.2, -0.15) is 0 Å². The van der Waals surface area contributed by atoms with Gasteiger partial charge in [0.05, 0.1) is 0 Å². The van der Waals surface area contributed by atoms with E-state index in [-0.39, 0.29) is 0 Å². The second kappa shape index (κ2) is 4.79. The van der Waals surface area contributed by atoms with Gasteiger partial charge in [-0.1, -0.05) is 24.3 Å². The summed E-state index contributed by atoms with van der Waals surface area (Å²) in [6, 6.07) is 8.98. The van der Waals surface area contributed by atoms with Gasteiger partial charge in [-0.3, -0.25) is 0 Å². The van der Waals surface area contributed by atoms with Gasteiger partial charge in [0.1, 0.15) is 0 Å². The molecule has 1 fully saturated rings. The monoisotopic (exact) mass is 231 g/mol. The highest BCUT2D eigenvalue weighted by Gasteiger charge is 2.30. The van der Waals surface area contributed by atoms with Crippen molar-refractivity contribution in [1.82, 2.24) is 4.90 Å². The maximum absolute atomic E-state index is 5.49. The lowest BCUT2D eigenvalue weighted by molar-refractivity contribution is 0.0511. The van der Waals surface area contributed by atoms with Gasteiger partial charge in [0.25, 0.3) is 0 Å². The average molecular weight is 231 g/mol. The predicted octanol–water partition coefficient (Wildman–Crippen LogP) is 2.64. The molecule has 0 N–H and O–H groups in total. The van der Waals surface area contributed by atoms with Crippen molar-refractivity contribution in [1.29, 1.82) is 0 Å². The van der Waals surface area contributed by atoms with Gasteiger partial charge >= 0.3 is 0 Å². The first kappa shape index (κ1) is 11.2. The van der Waals surface area contributed by atoms with Gasteiger partial charge in [-0.25, -0.2) is 0 Å². The molecule has 0 bridgehead atoms. The van der Waals surface area contributed by atoms with Crippen LogP contribution in [0, 0.1) is 5.92 Å². The van der Waals surface area contributed by atoms with Gasteiger partial charge in [0.15, 0.2) is 0 Å². The van der Waals surface area contributed by atoms with Crippen LogP contribution < -0.4 is 0 Å². The number of benzene rings is 1. The zero-order valence-electron chi connectivity index (χ0n) is 10.6. The largest absolute Gasteiger partial charge is 0.381 e.